The van der Waals surface area contributed by atoms with E-state index in [1.165, 1.54) is 0 Å². The number of rotatable bonds is 3. The number of halogens is 1. The lowest BCUT2D eigenvalue weighted by molar-refractivity contribution is 0.102. The van der Waals surface area contributed by atoms with Crippen LogP contribution in [0.1, 0.15) is 15.9 Å². The molecule has 4 nitrogen and oxygen atoms in total. The molecule has 3 aromatic rings. The normalized spacial score (nSPS) is 10.7. The molecule has 1 heterocycles. The Morgan fingerprint density at radius 1 is 1.20 bits per heavy atom. The third-order valence-corrected chi connectivity index (χ3v) is 3.73. The van der Waals surface area contributed by atoms with Gasteiger partial charge in [0, 0.05) is 11.4 Å². The maximum Gasteiger partial charge on any atom is 0.255 e. The Balaban J connectivity index is 1.90. The van der Waals surface area contributed by atoms with Crippen LogP contribution in [0, 0.1) is 0 Å². The molecular weight excluding hydrogens is 294 g/mol. The van der Waals surface area contributed by atoms with Gasteiger partial charge in [0.05, 0.1) is 17.4 Å². The lowest BCUT2D eigenvalue weighted by Crippen LogP contribution is -2.12. The quantitative estimate of drug-likeness (QED) is 0.751. The van der Waals surface area contributed by atoms with Crippen LogP contribution in [0.3, 0.4) is 0 Å². The van der Waals surface area contributed by atoms with Crippen molar-refractivity contribution < 1.29 is 4.79 Å². The van der Waals surface area contributed by atoms with Crippen molar-refractivity contribution in [3.63, 3.8) is 0 Å². The molecule has 0 unspecified atom stereocenters. The highest BCUT2D eigenvalue weighted by Crippen LogP contribution is 2.22. The van der Waals surface area contributed by atoms with E-state index in [1.807, 2.05) is 30.3 Å². The zero-order valence-electron chi connectivity index (χ0n) is 10.3. The van der Waals surface area contributed by atoms with Gasteiger partial charge in [-0.05, 0) is 29.8 Å². The number of nitrogens with zero attached hydrogens (tertiary/aromatic N) is 2. The molecule has 1 aromatic heterocycles. The highest BCUT2D eigenvalue weighted by Gasteiger charge is 2.10. The van der Waals surface area contributed by atoms with Crippen molar-refractivity contribution in [2.45, 2.75) is 5.88 Å². The number of carbonyl (C=O) groups excluding carboxylic acids is 1. The Morgan fingerprint density at radius 3 is 2.90 bits per heavy atom. The smallest absolute Gasteiger partial charge is 0.255 e. The number of nitrogens with one attached hydrogen (secondary N) is 1. The van der Waals surface area contributed by atoms with Crippen LogP contribution >= 0.6 is 23.3 Å². The Hall–Kier alpha value is -1.98. The Labute approximate surface area is 124 Å². The van der Waals surface area contributed by atoms with Gasteiger partial charge in [0.1, 0.15) is 11.0 Å². The zero-order valence-corrected chi connectivity index (χ0v) is 11.9. The van der Waals surface area contributed by atoms with Crippen LogP contribution in [0.25, 0.3) is 11.0 Å². The van der Waals surface area contributed by atoms with Gasteiger partial charge in [-0.25, -0.2) is 0 Å². The van der Waals surface area contributed by atoms with E-state index in [0.29, 0.717) is 22.6 Å². The number of fused-ring (bicyclic) bond motifs is 1. The van der Waals surface area contributed by atoms with Gasteiger partial charge in [0.15, 0.2) is 0 Å². The Bertz CT molecular complexity index is 772. The molecule has 0 fully saturated rings. The minimum absolute atomic E-state index is 0.183. The van der Waals surface area contributed by atoms with Crippen LogP contribution in [0.15, 0.2) is 42.5 Å². The van der Waals surface area contributed by atoms with E-state index in [-0.39, 0.29) is 5.91 Å². The summed E-state index contributed by atoms with van der Waals surface area (Å²) in [5.41, 5.74) is 3.63. The molecule has 100 valence electrons. The summed E-state index contributed by atoms with van der Waals surface area (Å²) in [6.45, 7) is 0. The first kappa shape index (κ1) is 13.0. The van der Waals surface area contributed by atoms with E-state index in [4.69, 9.17) is 11.6 Å². The summed E-state index contributed by atoms with van der Waals surface area (Å²) in [6, 6.07) is 12.8. The minimum atomic E-state index is -0.183. The summed E-state index contributed by atoms with van der Waals surface area (Å²) in [5.74, 6) is 0.199. The van der Waals surface area contributed by atoms with E-state index in [0.717, 1.165) is 22.8 Å². The van der Waals surface area contributed by atoms with E-state index < -0.39 is 0 Å². The van der Waals surface area contributed by atoms with Crippen molar-refractivity contribution in [1.29, 1.82) is 0 Å². The first-order chi connectivity index (χ1) is 9.78. The third kappa shape index (κ3) is 2.50. The van der Waals surface area contributed by atoms with Crippen molar-refractivity contribution in [2.24, 2.45) is 0 Å². The summed E-state index contributed by atoms with van der Waals surface area (Å²) in [5, 5.41) is 2.86. The van der Waals surface area contributed by atoms with Crippen LogP contribution < -0.4 is 5.32 Å². The number of amides is 1. The molecule has 0 atom stereocenters. The monoisotopic (exact) mass is 303 g/mol. The summed E-state index contributed by atoms with van der Waals surface area (Å²) in [7, 11) is 0. The van der Waals surface area contributed by atoms with Crippen molar-refractivity contribution in [1.82, 2.24) is 8.75 Å². The number of benzene rings is 2. The number of carbonyl (C=O) groups is 1. The maximum atomic E-state index is 12.2. The predicted molar refractivity (Wildman–Crippen MR) is 81.4 cm³/mol. The first-order valence-electron chi connectivity index (χ1n) is 5.95. The highest BCUT2D eigenvalue weighted by atomic mass is 35.5. The summed E-state index contributed by atoms with van der Waals surface area (Å²) < 4.78 is 8.34. The molecule has 20 heavy (non-hydrogen) atoms. The second kappa shape index (κ2) is 5.56. The lowest BCUT2D eigenvalue weighted by Gasteiger charge is -2.06. The van der Waals surface area contributed by atoms with Crippen LogP contribution in [0.4, 0.5) is 5.69 Å². The van der Waals surface area contributed by atoms with E-state index in [1.54, 1.807) is 12.1 Å². The van der Waals surface area contributed by atoms with Crippen LogP contribution in [0.2, 0.25) is 0 Å². The SMILES string of the molecule is O=C(Nc1cccc2nsnc12)c1cccc(CCl)c1. The molecule has 0 saturated heterocycles. The molecule has 0 aliphatic heterocycles. The molecule has 1 amide bonds. The van der Waals surface area contributed by atoms with Crippen molar-refractivity contribution in [2.75, 3.05) is 5.32 Å². The van der Waals surface area contributed by atoms with Crippen LogP contribution in [0.5, 0.6) is 0 Å². The molecule has 0 bridgehead atoms. The van der Waals surface area contributed by atoms with Crippen LogP contribution in [-0.4, -0.2) is 14.7 Å². The number of hydrogen-bond donors (Lipinski definition) is 1. The van der Waals surface area contributed by atoms with E-state index in [2.05, 4.69) is 14.1 Å². The second-order valence-corrected chi connectivity index (χ2v) is 5.02. The largest absolute Gasteiger partial charge is 0.320 e. The fraction of sp³-hybridized carbons (Fsp3) is 0.0714. The molecule has 1 N–H and O–H groups in total. The molecule has 2 aromatic carbocycles. The minimum Gasteiger partial charge on any atom is -0.320 e. The molecule has 3 rings (SSSR count). The fourth-order valence-electron chi connectivity index (χ4n) is 1.90. The Morgan fingerprint density at radius 2 is 2.05 bits per heavy atom. The van der Waals surface area contributed by atoms with Gasteiger partial charge in [-0.15, -0.1) is 11.6 Å². The maximum absolute atomic E-state index is 12.2. The number of alkyl halides is 1. The van der Waals surface area contributed by atoms with Crippen molar-refractivity contribution >= 4 is 46.0 Å². The van der Waals surface area contributed by atoms with Gasteiger partial charge in [0.25, 0.3) is 5.91 Å². The number of anilines is 1. The topological polar surface area (TPSA) is 54.9 Å². The first-order valence-corrected chi connectivity index (χ1v) is 7.22. The van der Waals surface area contributed by atoms with Crippen molar-refractivity contribution in [3.05, 3.63) is 53.6 Å². The van der Waals surface area contributed by atoms with Gasteiger partial charge < -0.3 is 5.32 Å². The second-order valence-electron chi connectivity index (χ2n) is 4.23. The standard InChI is InChI=1S/C14H10ClN3OS/c15-8-9-3-1-4-10(7-9)14(19)16-11-5-2-6-12-13(11)18-20-17-12/h1-7H,8H2,(H,16,19). The summed E-state index contributed by atoms with van der Waals surface area (Å²) >= 11 is 6.91. The molecule has 0 saturated carbocycles. The summed E-state index contributed by atoms with van der Waals surface area (Å²) in [4.78, 5) is 12.2. The van der Waals surface area contributed by atoms with E-state index >= 15 is 0 Å². The zero-order chi connectivity index (χ0) is 13.9. The average molecular weight is 304 g/mol. The molecule has 0 aliphatic rings. The summed E-state index contributed by atoms with van der Waals surface area (Å²) in [6.07, 6.45) is 0. The number of aromatic nitrogens is 2. The fourth-order valence-corrected chi connectivity index (χ4v) is 2.61. The highest BCUT2D eigenvalue weighted by molar-refractivity contribution is 7.00. The predicted octanol–water partition coefficient (Wildman–Crippen LogP) is 3.68. The van der Waals surface area contributed by atoms with Gasteiger partial charge >= 0.3 is 0 Å². The molecule has 0 aliphatic carbocycles. The van der Waals surface area contributed by atoms with Gasteiger partial charge in [-0.1, -0.05) is 18.2 Å². The van der Waals surface area contributed by atoms with Gasteiger partial charge in [-0.2, -0.15) is 8.75 Å². The number of hydrogen-bond acceptors (Lipinski definition) is 4. The van der Waals surface area contributed by atoms with E-state index in [9.17, 15) is 4.79 Å². The molecule has 0 radical (unpaired) electrons. The van der Waals surface area contributed by atoms with Crippen molar-refractivity contribution in [3.8, 4) is 0 Å². The van der Waals surface area contributed by atoms with Gasteiger partial charge in [-0.3, -0.25) is 4.79 Å². The molecular formula is C14H10ClN3OS. The van der Waals surface area contributed by atoms with Gasteiger partial charge in [0.2, 0.25) is 0 Å². The lowest BCUT2D eigenvalue weighted by atomic mass is 10.1. The third-order valence-electron chi connectivity index (χ3n) is 2.88. The molecule has 6 heteroatoms. The Kier molecular flexibility index (Phi) is 3.62. The molecule has 0 spiro atoms. The average Bonchev–Trinajstić information content (AvgIpc) is 2.97. The van der Waals surface area contributed by atoms with Crippen LogP contribution in [-0.2, 0) is 5.88 Å².